The second-order valence-electron chi connectivity index (χ2n) is 4.51. The van der Waals surface area contributed by atoms with Gasteiger partial charge in [0.15, 0.2) is 0 Å². The van der Waals surface area contributed by atoms with Gasteiger partial charge in [-0.1, -0.05) is 23.8 Å². The van der Waals surface area contributed by atoms with Crippen molar-refractivity contribution in [3.8, 4) is 11.3 Å². The molecule has 1 heterocycles. The zero-order valence-corrected chi connectivity index (χ0v) is 10.9. The molecule has 0 amide bonds. The van der Waals surface area contributed by atoms with Crippen LogP contribution in [-0.4, -0.2) is 21.0 Å². The summed E-state index contributed by atoms with van der Waals surface area (Å²) in [7, 11) is 0. The van der Waals surface area contributed by atoms with Crippen LogP contribution in [0.3, 0.4) is 0 Å². The van der Waals surface area contributed by atoms with Crippen LogP contribution in [0.1, 0.15) is 27.2 Å². The molecule has 0 aliphatic rings. The van der Waals surface area contributed by atoms with E-state index in [1.54, 1.807) is 13.0 Å². The number of aromatic nitrogens is 2. The van der Waals surface area contributed by atoms with E-state index < -0.39 is 11.7 Å². The Labute approximate surface area is 110 Å². The summed E-state index contributed by atoms with van der Waals surface area (Å²) >= 11 is 0. The summed E-state index contributed by atoms with van der Waals surface area (Å²) in [6, 6.07) is 5.59. The maximum Gasteiger partial charge on any atom is 0.345 e. The number of rotatable bonds is 2. The minimum atomic E-state index is -1.10. The van der Waals surface area contributed by atoms with Crippen molar-refractivity contribution in [2.24, 2.45) is 0 Å². The van der Waals surface area contributed by atoms with Crippen LogP contribution in [0.2, 0.25) is 0 Å². The maximum absolute atomic E-state index is 11.5. The van der Waals surface area contributed by atoms with Gasteiger partial charge in [0, 0.05) is 11.3 Å². The molecule has 5 heteroatoms. The van der Waals surface area contributed by atoms with Crippen molar-refractivity contribution in [1.82, 2.24) is 9.97 Å². The molecule has 0 spiro atoms. The highest BCUT2D eigenvalue weighted by molar-refractivity contribution is 5.96. The van der Waals surface area contributed by atoms with Crippen molar-refractivity contribution in [3.63, 3.8) is 0 Å². The van der Waals surface area contributed by atoms with Crippen LogP contribution in [0.5, 0.6) is 0 Å². The molecule has 0 radical (unpaired) electrons. The molecule has 2 N–H and O–H groups in total. The Hall–Kier alpha value is -2.43. The Morgan fingerprint density at radius 1 is 1.26 bits per heavy atom. The third-order valence-electron chi connectivity index (χ3n) is 2.97. The topological polar surface area (TPSA) is 83.0 Å². The molecule has 0 atom stereocenters. The number of carboxylic acids is 1. The quantitative estimate of drug-likeness (QED) is 0.863. The average molecular weight is 258 g/mol. The van der Waals surface area contributed by atoms with Crippen molar-refractivity contribution in [2.45, 2.75) is 20.8 Å². The first-order valence-corrected chi connectivity index (χ1v) is 5.82. The van der Waals surface area contributed by atoms with Crippen LogP contribution in [0, 0.1) is 20.8 Å². The van der Waals surface area contributed by atoms with Gasteiger partial charge in [0.05, 0.1) is 5.69 Å². The lowest BCUT2D eigenvalue weighted by Gasteiger charge is -2.10. The number of hydrogen-bond acceptors (Lipinski definition) is 3. The standard InChI is InChI=1S/C14H14N2O3/c1-7-4-5-10(8(2)6-7)12-11(13(17)18)9(3)15-14(19)16-12/h4-6H,1-3H3,(H,17,18)(H,15,16,19). The first kappa shape index (κ1) is 13.0. The van der Waals surface area contributed by atoms with Gasteiger partial charge in [0.25, 0.3) is 0 Å². The van der Waals surface area contributed by atoms with Crippen molar-refractivity contribution >= 4 is 5.97 Å². The molecule has 0 unspecified atom stereocenters. The Morgan fingerprint density at radius 3 is 2.53 bits per heavy atom. The van der Waals surface area contributed by atoms with Gasteiger partial charge in [-0.2, -0.15) is 4.98 Å². The molecule has 2 aromatic rings. The Balaban J connectivity index is 2.81. The molecule has 98 valence electrons. The van der Waals surface area contributed by atoms with E-state index in [1.165, 1.54) is 0 Å². The summed E-state index contributed by atoms with van der Waals surface area (Å²) in [4.78, 5) is 29.1. The second kappa shape index (κ2) is 4.68. The highest BCUT2D eigenvalue weighted by Gasteiger charge is 2.19. The maximum atomic E-state index is 11.5. The summed E-state index contributed by atoms with van der Waals surface area (Å²) in [5, 5.41) is 9.28. The van der Waals surface area contributed by atoms with E-state index >= 15 is 0 Å². The van der Waals surface area contributed by atoms with Crippen molar-refractivity contribution in [1.29, 1.82) is 0 Å². The lowest BCUT2D eigenvalue weighted by atomic mass is 9.99. The molecule has 5 nitrogen and oxygen atoms in total. The monoisotopic (exact) mass is 258 g/mol. The van der Waals surface area contributed by atoms with Crippen LogP contribution in [0.4, 0.5) is 0 Å². The second-order valence-corrected chi connectivity index (χ2v) is 4.51. The van der Waals surface area contributed by atoms with Gasteiger partial charge < -0.3 is 10.1 Å². The number of aromatic amines is 1. The van der Waals surface area contributed by atoms with E-state index in [0.717, 1.165) is 11.1 Å². The van der Waals surface area contributed by atoms with E-state index in [9.17, 15) is 14.7 Å². The van der Waals surface area contributed by atoms with Gasteiger partial charge in [-0.15, -0.1) is 0 Å². The number of aryl methyl sites for hydroxylation is 3. The fourth-order valence-corrected chi connectivity index (χ4v) is 2.12. The molecule has 2 rings (SSSR count). The number of carboxylic acid groups (broad SMARTS) is 1. The summed E-state index contributed by atoms with van der Waals surface area (Å²) in [5.74, 6) is -1.10. The highest BCUT2D eigenvalue weighted by Crippen LogP contribution is 2.25. The molecule has 0 bridgehead atoms. The number of aromatic carboxylic acids is 1. The summed E-state index contributed by atoms with van der Waals surface area (Å²) in [6.07, 6.45) is 0. The number of carbonyl (C=O) groups is 1. The molecule has 0 aliphatic carbocycles. The van der Waals surface area contributed by atoms with Crippen LogP contribution < -0.4 is 5.69 Å². The largest absolute Gasteiger partial charge is 0.478 e. The molecule has 0 aliphatic heterocycles. The summed E-state index contributed by atoms with van der Waals surface area (Å²) in [6.45, 7) is 5.37. The Morgan fingerprint density at radius 2 is 1.95 bits per heavy atom. The number of nitrogens with one attached hydrogen (secondary N) is 1. The predicted molar refractivity (Wildman–Crippen MR) is 71.5 cm³/mol. The normalized spacial score (nSPS) is 10.5. The minimum Gasteiger partial charge on any atom is -0.478 e. The molecule has 1 aromatic carbocycles. The smallest absolute Gasteiger partial charge is 0.345 e. The van der Waals surface area contributed by atoms with E-state index in [0.29, 0.717) is 11.3 Å². The van der Waals surface area contributed by atoms with E-state index in [4.69, 9.17) is 0 Å². The fraction of sp³-hybridized carbons (Fsp3) is 0.214. The minimum absolute atomic E-state index is 0.0338. The van der Waals surface area contributed by atoms with Gasteiger partial charge in [0.2, 0.25) is 0 Å². The van der Waals surface area contributed by atoms with E-state index in [1.807, 2.05) is 26.0 Å². The third kappa shape index (κ3) is 2.40. The fourth-order valence-electron chi connectivity index (χ4n) is 2.12. The van der Waals surface area contributed by atoms with Crippen molar-refractivity contribution < 1.29 is 9.90 Å². The molecule has 0 fully saturated rings. The zero-order valence-electron chi connectivity index (χ0n) is 10.9. The first-order chi connectivity index (χ1) is 8.90. The third-order valence-corrected chi connectivity index (χ3v) is 2.97. The lowest BCUT2D eigenvalue weighted by molar-refractivity contribution is 0.0696. The molecular formula is C14H14N2O3. The van der Waals surface area contributed by atoms with Crippen LogP contribution >= 0.6 is 0 Å². The van der Waals surface area contributed by atoms with E-state index in [-0.39, 0.29) is 11.3 Å². The van der Waals surface area contributed by atoms with Crippen molar-refractivity contribution in [3.05, 3.63) is 51.1 Å². The molecule has 19 heavy (non-hydrogen) atoms. The van der Waals surface area contributed by atoms with Crippen LogP contribution in [0.25, 0.3) is 11.3 Å². The lowest BCUT2D eigenvalue weighted by Crippen LogP contribution is -2.18. The summed E-state index contributed by atoms with van der Waals surface area (Å²) < 4.78 is 0. The SMILES string of the molecule is Cc1ccc(-c2nc(=O)[nH]c(C)c2C(=O)O)c(C)c1. The number of benzene rings is 1. The summed E-state index contributed by atoms with van der Waals surface area (Å²) in [5.41, 5.74) is 2.63. The predicted octanol–water partition coefficient (Wildman–Crippen LogP) is 2.06. The molecule has 0 saturated carbocycles. The molecule has 0 saturated heterocycles. The number of hydrogen-bond donors (Lipinski definition) is 2. The van der Waals surface area contributed by atoms with Crippen molar-refractivity contribution in [2.75, 3.05) is 0 Å². The van der Waals surface area contributed by atoms with Gasteiger partial charge in [-0.05, 0) is 26.3 Å². The van der Waals surface area contributed by atoms with Crippen LogP contribution in [-0.2, 0) is 0 Å². The van der Waals surface area contributed by atoms with E-state index in [2.05, 4.69) is 9.97 Å². The zero-order chi connectivity index (χ0) is 14.2. The first-order valence-electron chi connectivity index (χ1n) is 5.82. The van der Waals surface area contributed by atoms with Gasteiger partial charge in [0.1, 0.15) is 5.56 Å². The highest BCUT2D eigenvalue weighted by atomic mass is 16.4. The Kier molecular flexibility index (Phi) is 3.21. The molecular weight excluding hydrogens is 244 g/mol. The average Bonchev–Trinajstić information content (AvgIpc) is 2.26. The van der Waals surface area contributed by atoms with Gasteiger partial charge in [-0.25, -0.2) is 9.59 Å². The molecule has 1 aromatic heterocycles. The number of nitrogens with zero attached hydrogens (tertiary/aromatic N) is 1. The number of H-pyrrole nitrogens is 1. The Bertz CT molecular complexity index is 717. The van der Waals surface area contributed by atoms with Gasteiger partial charge >= 0.3 is 11.7 Å². The van der Waals surface area contributed by atoms with Gasteiger partial charge in [-0.3, -0.25) is 0 Å². The van der Waals surface area contributed by atoms with Crippen LogP contribution in [0.15, 0.2) is 23.0 Å².